The zero-order valence-electron chi connectivity index (χ0n) is 19.9. The van der Waals surface area contributed by atoms with Crippen LogP contribution in [0.5, 0.6) is 0 Å². The number of nitrogens with one attached hydrogen (secondary N) is 1. The Morgan fingerprint density at radius 1 is 1.11 bits per heavy atom. The van der Waals surface area contributed by atoms with Crippen LogP contribution in [-0.4, -0.2) is 29.3 Å². The second-order valence-corrected chi connectivity index (χ2v) is 8.30. The SMILES string of the molecule is CC1=C(C#N)[C@H](c2cccc3ncc(-c4ccccc4)cc23)C(C(=O)OCCCO[N+](=O)[O-])=C(C)N1. The molecular formula is C27H24N4O5. The van der Waals surface area contributed by atoms with Crippen LogP contribution < -0.4 is 5.32 Å². The Morgan fingerprint density at radius 2 is 1.89 bits per heavy atom. The van der Waals surface area contributed by atoms with Gasteiger partial charge in [0, 0.05) is 35.0 Å². The number of aromatic nitrogens is 1. The summed E-state index contributed by atoms with van der Waals surface area (Å²) in [6.45, 7) is 3.32. The zero-order chi connectivity index (χ0) is 25.7. The van der Waals surface area contributed by atoms with Gasteiger partial charge < -0.3 is 14.9 Å². The number of hydrogen-bond donors (Lipinski definition) is 1. The number of carbonyl (C=O) groups is 1. The van der Waals surface area contributed by atoms with Crippen LogP contribution in [0.25, 0.3) is 22.0 Å². The second kappa shape index (κ2) is 10.7. The summed E-state index contributed by atoms with van der Waals surface area (Å²) in [6.07, 6.45) is 1.97. The molecule has 1 N–H and O–H groups in total. The van der Waals surface area contributed by atoms with Gasteiger partial charge in [0.25, 0.3) is 5.09 Å². The molecule has 4 rings (SSSR count). The third-order valence-electron chi connectivity index (χ3n) is 6.00. The number of allylic oxidation sites excluding steroid dienone is 3. The molecular weight excluding hydrogens is 460 g/mol. The second-order valence-electron chi connectivity index (χ2n) is 8.30. The fourth-order valence-corrected chi connectivity index (χ4v) is 4.38. The molecule has 1 aliphatic rings. The normalized spacial score (nSPS) is 15.3. The standard InChI is InChI=1S/C27H24N4O5/c1-17-23(15-28)26(25(18(2)30-17)27(32)35-12-7-13-36-31(33)34)21-10-6-11-24-22(21)14-20(16-29-24)19-8-4-3-5-9-19/h3-6,8-11,14,16,26,30H,7,12-13H2,1-2H3/t26-/m0/s1. The predicted octanol–water partition coefficient (Wildman–Crippen LogP) is 4.80. The minimum atomic E-state index is -0.888. The van der Waals surface area contributed by atoms with Crippen LogP contribution in [0.2, 0.25) is 0 Å². The van der Waals surface area contributed by atoms with Crippen molar-refractivity contribution in [1.82, 2.24) is 10.3 Å². The van der Waals surface area contributed by atoms with Crippen LogP contribution in [0.1, 0.15) is 31.7 Å². The summed E-state index contributed by atoms with van der Waals surface area (Å²) in [6, 6.07) is 19.8. The Hall–Kier alpha value is -4.71. The van der Waals surface area contributed by atoms with Gasteiger partial charge in [-0.25, -0.2) is 4.79 Å². The molecule has 1 aliphatic heterocycles. The number of hydrogen-bond acceptors (Lipinski definition) is 8. The number of nitriles is 1. The minimum Gasteiger partial charge on any atom is -0.462 e. The van der Waals surface area contributed by atoms with Crippen LogP contribution >= 0.6 is 0 Å². The third kappa shape index (κ3) is 5.03. The van der Waals surface area contributed by atoms with E-state index < -0.39 is 17.0 Å². The Morgan fingerprint density at radius 3 is 2.61 bits per heavy atom. The van der Waals surface area contributed by atoms with Gasteiger partial charge >= 0.3 is 5.97 Å². The van der Waals surface area contributed by atoms with Gasteiger partial charge in [-0.15, -0.1) is 10.1 Å². The number of ether oxygens (including phenoxy) is 1. The molecule has 0 unspecified atom stereocenters. The summed E-state index contributed by atoms with van der Waals surface area (Å²) < 4.78 is 5.43. The molecule has 0 saturated carbocycles. The molecule has 1 atom stereocenters. The first kappa shape index (κ1) is 24.4. The van der Waals surface area contributed by atoms with Crippen molar-refractivity contribution in [3.63, 3.8) is 0 Å². The Bertz CT molecular complexity index is 1420. The zero-order valence-corrected chi connectivity index (χ0v) is 19.9. The molecule has 2 aromatic carbocycles. The Labute approximate surface area is 207 Å². The summed E-state index contributed by atoms with van der Waals surface area (Å²) in [7, 11) is 0. The van der Waals surface area contributed by atoms with Crippen molar-refractivity contribution in [3.05, 3.63) is 99.0 Å². The van der Waals surface area contributed by atoms with Gasteiger partial charge in [0.15, 0.2) is 0 Å². The lowest BCUT2D eigenvalue weighted by Crippen LogP contribution is -2.29. The van der Waals surface area contributed by atoms with E-state index in [4.69, 9.17) is 4.74 Å². The number of pyridine rings is 1. The van der Waals surface area contributed by atoms with E-state index in [1.165, 1.54) is 0 Å². The molecule has 36 heavy (non-hydrogen) atoms. The Balaban J connectivity index is 1.76. The highest BCUT2D eigenvalue weighted by Crippen LogP contribution is 2.41. The van der Waals surface area contributed by atoms with E-state index in [9.17, 15) is 20.2 Å². The predicted molar refractivity (Wildman–Crippen MR) is 133 cm³/mol. The van der Waals surface area contributed by atoms with E-state index in [2.05, 4.69) is 21.2 Å². The Kier molecular flexibility index (Phi) is 7.25. The molecule has 9 heteroatoms. The first-order valence-corrected chi connectivity index (χ1v) is 11.4. The maximum atomic E-state index is 13.2. The average Bonchev–Trinajstić information content (AvgIpc) is 2.87. The van der Waals surface area contributed by atoms with Crippen LogP contribution in [0.3, 0.4) is 0 Å². The van der Waals surface area contributed by atoms with Crippen molar-refractivity contribution in [2.24, 2.45) is 0 Å². The molecule has 0 radical (unpaired) electrons. The molecule has 0 aliphatic carbocycles. The maximum absolute atomic E-state index is 13.2. The van der Waals surface area contributed by atoms with Gasteiger partial charge in [-0.3, -0.25) is 4.98 Å². The lowest BCUT2D eigenvalue weighted by molar-refractivity contribution is -0.757. The lowest BCUT2D eigenvalue weighted by Gasteiger charge is -2.29. The topological polar surface area (TPSA) is 127 Å². The molecule has 3 aromatic rings. The molecule has 1 aromatic heterocycles. The van der Waals surface area contributed by atoms with E-state index in [-0.39, 0.29) is 19.6 Å². The fourth-order valence-electron chi connectivity index (χ4n) is 4.38. The van der Waals surface area contributed by atoms with Crippen LogP contribution in [-0.2, 0) is 14.4 Å². The van der Waals surface area contributed by atoms with Gasteiger partial charge in [0.05, 0.1) is 41.9 Å². The molecule has 2 heterocycles. The van der Waals surface area contributed by atoms with Gasteiger partial charge in [-0.1, -0.05) is 42.5 Å². The first-order valence-electron chi connectivity index (χ1n) is 11.4. The number of benzene rings is 2. The largest absolute Gasteiger partial charge is 0.462 e. The van der Waals surface area contributed by atoms with Crippen molar-refractivity contribution in [1.29, 1.82) is 5.26 Å². The molecule has 0 bridgehead atoms. The highest BCUT2D eigenvalue weighted by Gasteiger charge is 2.35. The summed E-state index contributed by atoms with van der Waals surface area (Å²) in [4.78, 5) is 32.5. The number of dihydropyridines is 1. The number of fused-ring (bicyclic) bond motifs is 1. The van der Waals surface area contributed by atoms with E-state index in [0.29, 0.717) is 22.5 Å². The monoisotopic (exact) mass is 484 g/mol. The van der Waals surface area contributed by atoms with Crippen molar-refractivity contribution in [2.45, 2.75) is 26.2 Å². The highest BCUT2D eigenvalue weighted by molar-refractivity contribution is 5.96. The maximum Gasteiger partial charge on any atom is 0.336 e. The van der Waals surface area contributed by atoms with Crippen molar-refractivity contribution in [2.75, 3.05) is 13.2 Å². The number of esters is 1. The van der Waals surface area contributed by atoms with Gasteiger partial charge in [0.1, 0.15) is 0 Å². The van der Waals surface area contributed by atoms with Gasteiger partial charge in [-0.2, -0.15) is 5.26 Å². The quantitative estimate of drug-likeness (QED) is 0.209. The third-order valence-corrected chi connectivity index (χ3v) is 6.00. The summed E-state index contributed by atoms with van der Waals surface area (Å²) in [5.41, 5.74) is 5.36. The van der Waals surface area contributed by atoms with E-state index in [1.807, 2.05) is 54.6 Å². The van der Waals surface area contributed by atoms with E-state index in [1.54, 1.807) is 20.0 Å². The van der Waals surface area contributed by atoms with Crippen LogP contribution in [0, 0.1) is 21.4 Å². The molecule has 0 spiro atoms. The summed E-state index contributed by atoms with van der Waals surface area (Å²) in [5.74, 6) is -1.27. The molecule has 0 fully saturated rings. The summed E-state index contributed by atoms with van der Waals surface area (Å²) in [5, 5.41) is 23.4. The van der Waals surface area contributed by atoms with Crippen molar-refractivity contribution >= 4 is 16.9 Å². The fraction of sp³-hybridized carbons (Fsp3) is 0.222. The van der Waals surface area contributed by atoms with Gasteiger partial charge in [-0.05, 0) is 37.1 Å². The average molecular weight is 485 g/mol. The van der Waals surface area contributed by atoms with E-state index >= 15 is 0 Å². The summed E-state index contributed by atoms with van der Waals surface area (Å²) >= 11 is 0. The number of rotatable bonds is 8. The number of nitrogens with zero attached hydrogens (tertiary/aromatic N) is 3. The minimum absolute atomic E-state index is 0.0595. The number of carbonyl (C=O) groups excluding carboxylic acids is 1. The smallest absolute Gasteiger partial charge is 0.336 e. The van der Waals surface area contributed by atoms with Crippen molar-refractivity contribution in [3.8, 4) is 17.2 Å². The molecule has 9 nitrogen and oxygen atoms in total. The van der Waals surface area contributed by atoms with Gasteiger partial charge in [0.2, 0.25) is 0 Å². The first-order chi connectivity index (χ1) is 17.4. The highest BCUT2D eigenvalue weighted by atomic mass is 16.9. The molecule has 0 amide bonds. The molecule has 0 saturated heterocycles. The van der Waals surface area contributed by atoms with Crippen molar-refractivity contribution < 1.29 is 19.5 Å². The van der Waals surface area contributed by atoms with Crippen LogP contribution in [0.4, 0.5) is 0 Å². The lowest BCUT2D eigenvalue weighted by atomic mass is 9.79. The van der Waals surface area contributed by atoms with Crippen LogP contribution in [0.15, 0.2) is 83.3 Å². The van der Waals surface area contributed by atoms with E-state index in [0.717, 1.165) is 27.6 Å². The molecule has 182 valence electrons.